The number of hydrogen-bond acceptors (Lipinski definition) is 8. The number of unbranched alkanes of at least 4 members (excludes halogenated alkanes) is 6. The highest BCUT2D eigenvalue weighted by atomic mass is 32.1. The Balaban J connectivity index is 1.41. The second kappa shape index (κ2) is 16.3. The normalized spacial score (nSPS) is 19.3. The number of aliphatic hydroxyl groups is 2. The zero-order valence-corrected chi connectivity index (χ0v) is 29.0. The van der Waals surface area contributed by atoms with Crippen molar-refractivity contribution in [3.8, 4) is 16.2 Å². The molecule has 2 aromatic rings. The van der Waals surface area contributed by atoms with Crippen LogP contribution in [0.15, 0.2) is 23.7 Å². The lowest BCUT2D eigenvalue weighted by Gasteiger charge is -2.35. The van der Waals surface area contributed by atoms with Crippen molar-refractivity contribution in [2.24, 2.45) is 5.41 Å². The predicted octanol–water partition coefficient (Wildman–Crippen LogP) is 4.83. The molecule has 10 nitrogen and oxygen atoms in total. The van der Waals surface area contributed by atoms with Gasteiger partial charge in [-0.3, -0.25) is 14.4 Å². The number of carbonyl (C=O) groups excluding carboxylic acids is 3. The Bertz CT molecular complexity index is 1370. The molecule has 12 heteroatoms. The van der Waals surface area contributed by atoms with Gasteiger partial charge in [-0.2, -0.15) is 0 Å². The monoisotopic (exact) mass is 674 g/mol. The lowest BCUT2D eigenvalue weighted by Crippen LogP contribution is -2.59. The van der Waals surface area contributed by atoms with Gasteiger partial charge in [0.15, 0.2) is 5.67 Å². The van der Waals surface area contributed by atoms with Crippen molar-refractivity contribution in [1.29, 1.82) is 0 Å². The number of carbonyl (C=O) groups is 3. The van der Waals surface area contributed by atoms with E-state index in [0.717, 1.165) is 66.6 Å². The Kier molecular flexibility index (Phi) is 12.8. The third-order valence-corrected chi connectivity index (χ3v) is 9.91. The SMILES string of the molecule is Cc1ncsc1-c1ccc(CNC(=O)[C@@H]2C[C@@H](O)CN2C(=O)[C@@H](NC(=O)C2(F)CC2)C(C)(C)C)c(OCCCCCCCCCO)c1. The molecule has 0 unspecified atom stereocenters. The van der Waals surface area contributed by atoms with E-state index in [-0.39, 0.29) is 39.0 Å². The van der Waals surface area contributed by atoms with Gasteiger partial charge < -0.3 is 30.5 Å². The first-order valence-corrected chi connectivity index (χ1v) is 17.7. The molecule has 1 aromatic heterocycles. The van der Waals surface area contributed by atoms with Crippen LogP contribution in [0.5, 0.6) is 5.75 Å². The molecule has 1 aromatic carbocycles. The second-order valence-corrected chi connectivity index (χ2v) is 14.8. The molecule has 4 N–H and O–H groups in total. The molecular weight excluding hydrogens is 623 g/mol. The number of rotatable bonds is 17. The number of aromatic nitrogens is 1. The minimum Gasteiger partial charge on any atom is -0.493 e. The number of likely N-dealkylation sites (tertiary alicyclic amines) is 1. The summed E-state index contributed by atoms with van der Waals surface area (Å²) in [4.78, 5) is 46.6. The quantitative estimate of drug-likeness (QED) is 0.176. The van der Waals surface area contributed by atoms with E-state index in [1.807, 2.05) is 25.1 Å². The van der Waals surface area contributed by atoms with Crippen molar-refractivity contribution >= 4 is 29.1 Å². The maximum atomic E-state index is 14.5. The summed E-state index contributed by atoms with van der Waals surface area (Å²) in [6, 6.07) is 3.87. The molecule has 0 radical (unpaired) electrons. The van der Waals surface area contributed by atoms with Gasteiger partial charge in [0.05, 0.1) is 28.8 Å². The van der Waals surface area contributed by atoms with E-state index in [1.54, 1.807) is 37.6 Å². The van der Waals surface area contributed by atoms with Gasteiger partial charge in [-0.1, -0.05) is 65.0 Å². The Labute approximate surface area is 281 Å². The summed E-state index contributed by atoms with van der Waals surface area (Å²) in [7, 11) is 0. The van der Waals surface area contributed by atoms with E-state index in [4.69, 9.17) is 9.84 Å². The molecule has 0 bridgehead atoms. The number of thiazole rings is 1. The average Bonchev–Trinajstić information content (AvgIpc) is 3.44. The maximum Gasteiger partial charge on any atom is 0.258 e. The van der Waals surface area contributed by atoms with Crippen LogP contribution in [0, 0.1) is 12.3 Å². The Morgan fingerprint density at radius 3 is 2.43 bits per heavy atom. The lowest BCUT2D eigenvalue weighted by molar-refractivity contribution is -0.145. The van der Waals surface area contributed by atoms with Gasteiger partial charge in [0.2, 0.25) is 11.8 Å². The summed E-state index contributed by atoms with van der Waals surface area (Å²) in [5.74, 6) is -1.09. The van der Waals surface area contributed by atoms with E-state index in [2.05, 4.69) is 15.6 Å². The fourth-order valence-corrected chi connectivity index (χ4v) is 6.66. The highest BCUT2D eigenvalue weighted by Crippen LogP contribution is 2.40. The van der Waals surface area contributed by atoms with E-state index in [0.29, 0.717) is 12.4 Å². The van der Waals surface area contributed by atoms with Crippen LogP contribution >= 0.6 is 11.3 Å². The van der Waals surface area contributed by atoms with Crippen LogP contribution < -0.4 is 15.4 Å². The van der Waals surface area contributed by atoms with E-state index in [1.165, 1.54) is 4.90 Å². The molecule has 1 aliphatic carbocycles. The van der Waals surface area contributed by atoms with Gasteiger partial charge in [-0.25, -0.2) is 9.37 Å². The number of hydrogen-bond donors (Lipinski definition) is 4. The number of halogens is 1. The minimum atomic E-state index is -1.94. The molecule has 4 rings (SSSR count). The fourth-order valence-electron chi connectivity index (χ4n) is 5.85. The van der Waals surface area contributed by atoms with Crippen LogP contribution in [-0.4, -0.2) is 81.4 Å². The smallest absolute Gasteiger partial charge is 0.258 e. The topological polar surface area (TPSA) is 141 Å². The number of aryl methyl sites for hydroxylation is 1. The summed E-state index contributed by atoms with van der Waals surface area (Å²) in [6.07, 6.45) is 6.58. The summed E-state index contributed by atoms with van der Waals surface area (Å²) in [6.45, 7) is 8.14. The fraction of sp³-hybridized carbons (Fsp3) is 0.657. The molecule has 2 aliphatic rings. The Hall–Kier alpha value is -3.09. The highest BCUT2D eigenvalue weighted by molar-refractivity contribution is 7.13. The van der Waals surface area contributed by atoms with E-state index >= 15 is 0 Å². The zero-order chi connectivity index (χ0) is 34.2. The summed E-state index contributed by atoms with van der Waals surface area (Å²) in [5.41, 5.74) is 1.79. The molecule has 260 valence electrons. The van der Waals surface area contributed by atoms with Crippen molar-refractivity contribution in [3.05, 3.63) is 35.0 Å². The highest BCUT2D eigenvalue weighted by Gasteiger charge is 2.53. The first-order valence-electron chi connectivity index (χ1n) is 16.9. The molecule has 0 spiro atoms. The third kappa shape index (κ3) is 9.96. The molecule has 1 saturated heterocycles. The maximum absolute atomic E-state index is 14.5. The zero-order valence-electron chi connectivity index (χ0n) is 28.1. The number of aliphatic hydroxyl groups excluding tert-OH is 2. The van der Waals surface area contributed by atoms with Gasteiger partial charge in [0.25, 0.3) is 5.91 Å². The van der Waals surface area contributed by atoms with Gasteiger partial charge in [0.1, 0.15) is 17.8 Å². The first kappa shape index (κ1) is 36.7. The van der Waals surface area contributed by atoms with Crippen LogP contribution in [0.2, 0.25) is 0 Å². The number of nitrogens with one attached hydrogen (secondary N) is 2. The van der Waals surface area contributed by atoms with Crippen molar-refractivity contribution < 1.29 is 33.7 Å². The first-order chi connectivity index (χ1) is 22.3. The van der Waals surface area contributed by atoms with Gasteiger partial charge >= 0.3 is 0 Å². The van der Waals surface area contributed by atoms with Crippen LogP contribution in [0.3, 0.4) is 0 Å². The van der Waals surface area contributed by atoms with E-state index in [9.17, 15) is 23.9 Å². The van der Waals surface area contributed by atoms with Crippen molar-refractivity contribution in [3.63, 3.8) is 0 Å². The molecule has 2 fully saturated rings. The van der Waals surface area contributed by atoms with Gasteiger partial charge in [0, 0.05) is 31.7 Å². The molecule has 3 atom stereocenters. The Morgan fingerprint density at radius 1 is 1.13 bits per heavy atom. The van der Waals surface area contributed by atoms with Crippen molar-refractivity contribution in [2.75, 3.05) is 19.8 Å². The van der Waals surface area contributed by atoms with Crippen LogP contribution in [0.1, 0.15) is 96.2 Å². The van der Waals surface area contributed by atoms with Crippen LogP contribution in [-0.2, 0) is 20.9 Å². The number of β-amino-alcohol motifs (C(OH)–C–C–N with tert-alkyl or cyclic N) is 1. The predicted molar refractivity (Wildman–Crippen MR) is 180 cm³/mol. The second-order valence-electron chi connectivity index (χ2n) is 14.0. The third-order valence-electron chi connectivity index (χ3n) is 8.94. The van der Waals surface area contributed by atoms with Gasteiger partial charge in [-0.15, -0.1) is 11.3 Å². The molecule has 3 amide bonds. The summed E-state index contributed by atoms with van der Waals surface area (Å²) >= 11 is 1.55. The lowest BCUT2D eigenvalue weighted by atomic mass is 9.85. The van der Waals surface area contributed by atoms with Gasteiger partial charge in [-0.05, 0) is 49.7 Å². The number of ether oxygens (including phenoxy) is 1. The number of amides is 3. The van der Waals surface area contributed by atoms with Crippen LogP contribution in [0.4, 0.5) is 4.39 Å². The standard InChI is InChI=1S/C35H51FN4O6S/c1-23-29(47-22-38-23)24-12-13-25(28(18-24)46-17-11-9-7-5-6-8-10-16-41)20-37-31(43)27-19-26(42)21-40(27)32(44)30(34(2,3)4)39-33(45)35(36)14-15-35/h12-13,18,22,26-27,30,41-42H,5-11,14-17,19-21H2,1-4H3,(H,37,43)(H,39,45)/t26-,27+,30-/m1/s1. The largest absolute Gasteiger partial charge is 0.493 e. The number of benzene rings is 1. The molecule has 2 heterocycles. The van der Waals surface area contributed by atoms with Crippen molar-refractivity contribution in [1.82, 2.24) is 20.5 Å². The number of alkyl halides is 1. The molecular formula is C35H51FN4O6S. The minimum absolute atomic E-state index is 0.0567. The van der Waals surface area contributed by atoms with Crippen molar-refractivity contribution in [2.45, 2.75) is 122 Å². The average molecular weight is 675 g/mol. The summed E-state index contributed by atoms with van der Waals surface area (Å²) < 4.78 is 20.8. The van der Waals surface area contributed by atoms with E-state index < -0.39 is 47.0 Å². The number of nitrogens with zero attached hydrogens (tertiary/aromatic N) is 2. The Morgan fingerprint density at radius 2 is 1.81 bits per heavy atom. The molecule has 47 heavy (non-hydrogen) atoms. The molecule has 1 saturated carbocycles. The molecule has 1 aliphatic heterocycles. The van der Waals surface area contributed by atoms with Crippen LogP contribution in [0.25, 0.3) is 10.4 Å². The summed E-state index contributed by atoms with van der Waals surface area (Å²) in [5, 5.41) is 25.0.